The molecule has 1 aromatic rings. The van der Waals surface area contributed by atoms with Crippen LogP contribution in [-0.4, -0.2) is 27.4 Å². The third-order valence-corrected chi connectivity index (χ3v) is 2.14. The summed E-state index contributed by atoms with van der Waals surface area (Å²) in [5.41, 5.74) is 1.07. The molecule has 0 amide bonds. The fourth-order valence-corrected chi connectivity index (χ4v) is 1.33. The number of rotatable bonds is 6. The molecule has 0 N–H and O–H groups in total. The summed E-state index contributed by atoms with van der Waals surface area (Å²) in [6.07, 6.45) is 3.97. The van der Waals surface area contributed by atoms with Gasteiger partial charge in [0.15, 0.2) is 11.5 Å². The van der Waals surface area contributed by atoms with Gasteiger partial charge in [-0.2, -0.15) is 0 Å². The van der Waals surface area contributed by atoms with Crippen LogP contribution in [0.3, 0.4) is 0 Å². The fourth-order valence-electron chi connectivity index (χ4n) is 1.33. The van der Waals surface area contributed by atoms with E-state index in [0.717, 1.165) is 23.7 Å². The van der Waals surface area contributed by atoms with Crippen molar-refractivity contribution >= 4 is 6.08 Å². The maximum Gasteiger partial charge on any atom is 0.161 e. The molecule has 88 valence electrons. The molecule has 0 aliphatic rings. The summed E-state index contributed by atoms with van der Waals surface area (Å²) in [6, 6.07) is 5.80. The molecule has 0 atom stereocenters. The molecule has 0 aliphatic heterocycles. The van der Waals surface area contributed by atoms with Crippen molar-refractivity contribution in [2.24, 2.45) is 0 Å². The molecular weight excluding hydrogens is 204 g/mol. The van der Waals surface area contributed by atoms with Gasteiger partial charge in [-0.15, -0.1) is 0 Å². The molecule has 0 fully saturated rings. The predicted octanol–water partition coefficient (Wildman–Crippen LogP) is 2.75. The molecule has 0 unspecified atom stereocenters. The summed E-state index contributed by atoms with van der Waals surface area (Å²) >= 11 is 0. The molecule has 0 heterocycles. The molecule has 3 heteroatoms. The second-order valence-electron chi connectivity index (χ2n) is 3.18. The third kappa shape index (κ3) is 3.59. The van der Waals surface area contributed by atoms with Gasteiger partial charge < -0.3 is 14.2 Å². The first-order valence-electron chi connectivity index (χ1n) is 5.28. The molecule has 0 aliphatic carbocycles. The molecule has 0 aromatic heterocycles. The first-order chi connectivity index (χ1) is 7.81. The molecule has 0 spiro atoms. The Hall–Kier alpha value is -1.48. The lowest BCUT2D eigenvalue weighted by atomic mass is 10.2. The normalized spacial score (nSPS) is 10.7. The van der Waals surface area contributed by atoms with Gasteiger partial charge in [-0.3, -0.25) is 0 Å². The summed E-state index contributed by atoms with van der Waals surface area (Å²) in [7, 11) is 3.26. The van der Waals surface area contributed by atoms with Crippen molar-refractivity contribution in [1.82, 2.24) is 0 Å². The Bertz CT molecular complexity index is 345. The lowest BCUT2D eigenvalue weighted by Gasteiger charge is -2.07. The van der Waals surface area contributed by atoms with Crippen molar-refractivity contribution in [2.75, 3.05) is 27.4 Å². The number of hydrogen-bond acceptors (Lipinski definition) is 3. The average molecular weight is 222 g/mol. The molecule has 0 bridgehead atoms. The quantitative estimate of drug-likeness (QED) is 0.693. The lowest BCUT2D eigenvalue weighted by Crippen LogP contribution is -1.91. The molecule has 0 saturated heterocycles. The first-order valence-corrected chi connectivity index (χ1v) is 5.28. The number of methoxy groups -OCH3 is 2. The van der Waals surface area contributed by atoms with Gasteiger partial charge in [0.2, 0.25) is 0 Å². The molecule has 0 radical (unpaired) electrons. The Morgan fingerprint density at radius 1 is 1.12 bits per heavy atom. The molecule has 16 heavy (non-hydrogen) atoms. The van der Waals surface area contributed by atoms with E-state index in [2.05, 4.69) is 0 Å². The van der Waals surface area contributed by atoms with Crippen molar-refractivity contribution in [3.63, 3.8) is 0 Å². The Labute approximate surface area is 96.6 Å². The zero-order valence-corrected chi connectivity index (χ0v) is 10.0. The van der Waals surface area contributed by atoms with Gasteiger partial charge in [0, 0.05) is 6.61 Å². The number of benzene rings is 1. The Kier molecular flexibility index (Phi) is 5.43. The molecule has 1 aromatic carbocycles. The van der Waals surface area contributed by atoms with Crippen molar-refractivity contribution < 1.29 is 14.2 Å². The SMILES string of the molecule is CCOCC=Cc1ccc(OC)c(OC)c1. The highest BCUT2D eigenvalue weighted by Crippen LogP contribution is 2.27. The van der Waals surface area contributed by atoms with E-state index in [-0.39, 0.29) is 0 Å². The van der Waals surface area contributed by atoms with Crippen molar-refractivity contribution in [1.29, 1.82) is 0 Å². The standard InChI is InChI=1S/C13H18O3/c1-4-16-9-5-6-11-7-8-12(14-2)13(10-11)15-3/h5-8,10H,4,9H2,1-3H3. The van der Waals surface area contributed by atoms with Crippen LogP contribution in [0.5, 0.6) is 11.5 Å². The van der Waals surface area contributed by atoms with E-state index in [1.165, 1.54) is 0 Å². The number of hydrogen-bond donors (Lipinski definition) is 0. The molecule has 0 saturated carbocycles. The van der Waals surface area contributed by atoms with Crippen LogP contribution in [0, 0.1) is 0 Å². The van der Waals surface area contributed by atoms with Gasteiger partial charge in [0.1, 0.15) is 0 Å². The van der Waals surface area contributed by atoms with Crippen LogP contribution in [-0.2, 0) is 4.74 Å². The van der Waals surface area contributed by atoms with E-state index in [4.69, 9.17) is 14.2 Å². The Balaban J connectivity index is 2.71. The summed E-state index contributed by atoms with van der Waals surface area (Å²) < 4.78 is 15.6. The summed E-state index contributed by atoms with van der Waals surface area (Å²) in [5, 5.41) is 0. The summed E-state index contributed by atoms with van der Waals surface area (Å²) in [5.74, 6) is 1.48. The van der Waals surface area contributed by atoms with Crippen LogP contribution in [0.2, 0.25) is 0 Å². The van der Waals surface area contributed by atoms with E-state index in [9.17, 15) is 0 Å². The van der Waals surface area contributed by atoms with Gasteiger partial charge in [-0.05, 0) is 24.6 Å². The monoisotopic (exact) mass is 222 g/mol. The highest BCUT2D eigenvalue weighted by molar-refractivity contribution is 5.55. The average Bonchev–Trinajstić information content (AvgIpc) is 2.34. The van der Waals surface area contributed by atoms with Crippen LogP contribution in [0.1, 0.15) is 12.5 Å². The first kappa shape index (κ1) is 12.6. The van der Waals surface area contributed by atoms with Gasteiger partial charge >= 0.3 is 0 Å². The smallest absolute Gasteiger partial charge is 0.161 e. The highest BCUT2D eigenvalue weighted by Gasteiger charge is 2.02. The fraction of sp³-hybridized carbons (Fsp3) is 0.385. The van der Waals surface area contributed by atoms with E-state index in [1.807, 2.05) is 37.3 Å². The predicted molar refractivity (Wildman–Crippen MR) is 65.1 cm³/mol. The zero-order valence-electron chi connectivity index (χ0n) is 10.0. The van der Waals surface area contributed by atoms with Crippen LogP contribution in [0.25, 0.3) is 6.08 Å². The van der Waals surface area contributed by atoms with Crippen molar-refractivity contribution in [3.8, 4) is 11.5 Å². The highest BCUT2D eigenvalue weighted by atomic mass is 16.5. The van der Waals surface area contributed by atoms with Crippen molar-refractivity contribution in [3.05, 3.63) is 29.8 Å². The minimum atomic E-state index is 0.630. The minimum Gasteiger partial charge on any atom is -0.493 e. The van der Waals surface area contributed by atoms with Crippen LogP contribution in [0.4, 0.5) is 0 Å². The van der Waals surface area contributed by atoms with E-state index >= 15 is 0 Å². The second kappa shape index (κ2) is 6.90. The zero-order chi connectivity index (χ0) is 11.8. The maximum atomic E-state index is 5.21. The van der Waals surface area contributed by atoms with Gasteiger partial charge in [0.25, 0.3) is 0 Å². The largest absolute Gasteiger partial charge is 0.493 e. The van der Waals surface area contributed by atoms with Crippen LogP contribution < -0.4 is 9.47 Å². The topological polar surface area (TPSA) is 27.7 Å². The second-order valence-corrected chi connectivity index (χ2v) is 3.18. The minimum absolute atomic E-state index is 0.630. The van der Waals surface area contributed by atoms with E-state index < -0.39 is 0 Å². The van der Waals surface area contributed by atoms with E-state index in [1.54, 1.807) is 14.2 Å². The number of ether oxygens (including phenoxy) is 3. The van der Waals surface area contributed by atoms with Gasteiger partial charge in [-0.1, -0.05) is 18.2 Å². The van der Waals surface area contributed by atoms with E-state index in [0.29, 0.717) is 6.61 Å². The van der Waals surface area contributed by atoms with Crippen LogP contribution >= 0.6 is 0 Å². The van der Waals surface area contributed by atoms with Crippen molar-refractivity contribution in [2.45, 2.75) is 6.92 Å². The molecule has 1 rings (SSSR count). The maximum absolute atomic E-state index is 5.21. The summed E-state index contributed by atoms with van der Waals surface area (Å²) in [4.78, 5) is 0. The van der Waals surface area contributed by atoms with Crippen LogP contribution in [0.15, 0.2) is 24.3 Å². The summed E-state index contributed by atoms with van der Waals surface area (Å²) in [6.45, 7) is 3.34. The van der Waals surface area contributed by atoms with Gasteiger partial charge in [0.05, 0.1) is 20.8 Å². The van der Waals surface area contributed by atoms with Gasteiger partial charge in [-0.25, -0.2) is 0 Å². The molecular formula is C13H18O3. The lowest BCUT2D eigenvalue weighted by molar-refractivity contribution is 0.178. The molecule has 3 nitrogen and oxygen atoms in total. The third-order valence-electron chi connectivity index (χ3n) is 2.14. The Morgan fingerprint density at radius 2 is 1.88 bits per heavy atom. The Morgan fingerprint density at radius 3 is 2.50 bits per heavy atom.